The van der Waals surface area contributed by atoms with E-state index in [-0.39, 0.29) is 15.7 Å². The Bertz CT molecular complexity index is 1480. The molecule has 0 aliphatic carbocycles. The molecule has 1 aliphatic heterocycles. The molecular formula is C25H24BClN4O3S. The number of hydrogen-bond donors (Lipinski definition) is 0. The van der Waals surface area contributed by atoms with Crippen LogP contribution in [0.1, 0.15) is 29.9 Å². The fraction of sp³-hybridized carbons (Fsp3) is 0.240. The van der Waals surface area contributed by atoms with Crippen LogP contribution in [0.25, 0.3) is 22.3 Å². The number of hydrogen-bond acceptors (Lipinski definition) is 6. The zero-order valence-corrected chi connectivity index (χ0v) is 20.8. The average Bonchev–Trinajstić information content (AvgIpc) is 3.27. The fourth-order valence-corrected chi connectivity index (χ4v) is 6.36. The summed E-state index contributed by atoms with van der Waals surface area (Å²) in [5, 5.41) is 0.680. The van der Waals surface area contributed by atoms with Gasteiger partial charge in [-0.15, -0.1) is 0 Å². The van der Waals surface area contributed by atoms with E-state index in [1.807, 2.05) is 19.1 Å². The highest BCUT2D eigenvalue weighted by atomic mass is 35.5. The number of aryl methyl sites for hydroxylation is 1. The third-order valence-corrected chi connectivity index (χ3v) is 8.68. The summed E-state index contributed by atoms with van der Waals surface area (Å²) in [6.07, 6.45) is 4.20. The van der Waals surface area contributed by atoms with Crippen LogP contribution < -0.4 is 0 Å². The van der Waals surface area contributed by atoms with Crippen molar-refractivity contribution in [3.8, 4) is 11.3 Å². The molecule has 0 radical (unpaired) electrons. The molecule has 1 fully saturated rings. The molecule has 35 heavy (non-hydrogen) atoms. The zero-order chi connectivity index (χ0) is 24.6. The van der Waals surface area contributed by atoms with Crippen LogP contribution in [0.4, 0.5) is 0 Å². The number of aromatic nitrogens is 3. The van der Waals surface area contributed by atoms with E-state index in [1.54, 1.807) is 30.3 Å². The van der Waals surface area contributed by atoms with Crippen LogP contribution in [-0.4, -0.2) is 53.9 Å². The number of piperidine rings is 1. The molecule has 1 aliphatic rings. The number of carbonyl (C=O) groups is 1. The first-order valence-corrected chi connectivity index (χ1v) is 13.3. The molecular weight excluding hydrogens is 483 g/mol. The van der Waals surface area contributed by atoms with Crippen molar-refractivity contribution in [2.75, 3.05) is 13.1 Å². The van der Waals surface area contributed by atoms with Crippen molar-refractivity contribution in [2.24, 2.45) is 0 Å². The molecule has 0 saturated carbocycles. The minimum atomic E-state index is -3.94. The highest BCUT2D eigenvalue weighted by Crippen LogP contribution is 2.35. The summed E-state index contributed by atoms with van der Waals surface area (Å²) in [4.78, 5) is 21.4. The van der Waals surface area contributed by atoms with Gasteiger partial charge in [0.15, 0.2) is 5.65 Å². The van der Waals surface area contributed by atoms with Crippen molar-refractivity contribution < 1.29 is 13.2 Å². The molecule has 1 saturated heterocycles. The summed E-state index contributed by atoms with van der Waals surface area (Å²) < 4.78 is 28.8. The number of halogens is 1. The molecule has 10 heteroatoms. The van der Waals surface area contributed by atoms with Gasteiger partial charge in [0.25, 0.3) is 17.4 Å². The van der Waals surface area contributed by atoms with Crippen molar-refractivity contribution >= 4 is 46.3 Å². The quantitative estimate of drug-likeness (QED) is 0.223. The lowest BCUT2D eigenvalue weighted by Gasteiger charge is -2.30. The Labute approximate surface area is 210 Å². The van der Waals surface area contributed by atoms with Gasteiger partial charge in [0, 0.05) is 0 Å². The van der Waals surface area contributed by atoms with Gasteiger partial charge in [0.05, 0.1) is 22.2 Å². The highest BCUT2D eigenvalue weighted by Gasteiger charge is 2.26. The smallest absolute Gasteiger partial charge is 0.281 e. The third kappa shape index (κ3) is 4.51. The number of nitrogens with zero attached hydrogens (tertiary/aromatic N) is 4. The Balaban J connectivity index is 1.55. The molecule has 3 heterocycles. The molecule has 0 atom stereocenters. The normalized spacial score (nSPS) is 15.4. The molecule has 4 aromatic rings. The maximum Gasteiger partial charge on any atom is 0.281 e. The topological polar surface area (TPSA) is 85.2 Å². The van der Waals surface area contributed by atoms with E-state index in [9.17, 15) is 13.2 Å². The van der Waals surface area contributed by atoms with Crippen LogP contribution in [0.2, 0.25) is 5.15 Å². The molecule has 0 bridgehead atoms. The highest BCUT2D eigenvalue weighted by molar-refractivity contribution is 7.90. The van der Waals surface area contributed by atoms with Crippen molar-refractivity contribution in [2.45, 2.75) is 30.6 Å². The zero-order valence-electron chi connectivity index (χ0n) is 19.3. The maximum absolute atomic E-state index is 13.8. The van der Waals surface area contributed by atoms with E-state index in [1.165, 1.54) is 15.9 Å². The van der Waals surface area contributed by atoms with E-state index in [4.69, 9.17) is 11.6 Å². The van der Waals surface area contributed by atoms with E-state index in [0.29, 0.717) is 24.4 Å². The lowest BCUT2D eigenvalue weighted by Crippen LogP contribution is -2.36. The van der Waals surface area contributed by atoms with Gasteiger partial charge in [0.2, 0.25) is 0 Å². The van der Waals surface area contributed by atoms with Gasteiger partial charge in [-0.05, 0) is 68.1 Å². The van der Waals surface area contributed by atoms with Gasteiger partial charge in [-0.25, -0.2) is 22.4 Å². The number of benzene rings is 2. The predicted molar refractivity (Wildman–Crippen MR) is 139 cm³/mol. The second-order valence-electron chi connectivity index (χ2n) is 8.88. The molecule has 7 nitrogen and oxygen atoms in total. The van der Waals surface area contributed by atoms with E-state index < -0.39 is 10.0 Å². The van der Waals surface area contributed by atoms with E-state index >= 15 is 0 Å². The fourth-order valence-electron chi connectivity index (χ4n) is 4.70. The van der Waals surface area contributed by atoms with Gasteiger partial charge >= 0.3 is 0 Å². The van der Waals surface area contributed by atoms with Gasteiger partial charge < -0.3 is 9.61 Å². The summed E-state index contributed by atoms with van der Waals surface area (Å²) in [5.41, 5.74) is 3.65. The Hall–Kier alpha value is -3.01. The second-order valence-corrected chi connectivity index (χ2v) is 11.0. The van der Waals surface area contributed by atoms with Gasteiger partial charge in [0.1, 0.15) is 11.5 Å². The molecule has 0 spiro atoms. The Morgan fingerprint density at radius 1 is 1.03 bits per heavy atom. The second kappa shape index (κ2) is 9.56. The summed E-state index contributed by atoms with van der Waals surface area (Å²) in [7, 11) is -3.46. The van der Waals surface area contributed by atoms with Crippen molar-refractivity contribution in [3.63, 3.8) is 0 Å². The van der Waals surface area contributed by atoms with Crippen LogP contribution in [0.3, 0.4) is 0 Å². The molecule has 0 amide bonds. The van der Waals surface area contributed by atoms with Crippen LogP contribution >= 0.6 is 11.6 Å². The summed E-state index contributed by atoms with van der Waals surface area (Å²) in [6, 6.07) is 16.5. The molecule has 0 unspecified atom stereocenters. The minimum absolute atomic E-state index is 0.176. The summed E-state index contributed by atoms with van der Waals surface area (Å²) in [5.74, 6) is 0.411. The van der Waals surface area contributed by atoms with Gasteiger partial charge in [-0.3, -0.25) is 0 Å². The molecule has 5 rings (SSSR count). The first-order valence-electron chi connectivity index (χ1n) is 11.5. The van der Waals surface area contributed by atoms with Crippen LogP contribution in [0, 0.1) is 6.92 Å². The lowest BCUT2D eigenvalue weighted by molar-refractivity contribution is 0.331. The number of carbonyl (C=O) groups excluding carboxylic acids is 1. The molecule has 2 aromatic carbocycles. The maximum atomic E-state index is 13.8. The number of fused-ring (bicyclic) bond motifs is 1. The number of rotatable bonds is 6. The minimum Gasteiger partial charge on any atom is -0.339 e. The SMILES string of the molecule is Cc1ccc(S(=O)(=O)n2c(-c3ccc(C4CCN(BC=O)CC4)cc3)cc3c(Cl)ncnc32)cc1. The lowest BCUT2D eigenvalue weighted by atomic mass is 9.84. The standard InChI is InChI=1S/C25H24BClN4O3S/c1-17-2-8-21(9-3-17)35(33,34)31-23(14-22-24(27)28-16-29-25(22)31)20-6-4-18(5-7-20)19-10-12-30(13-11-19)26-15-32/h2-9,14-16,19,26H,10-13H2,1H3. The molecule has 0 N–H and O–H groups in total. The Kier molecular flexibility index (Phi) is 6.48. The van der Waals surface area contributed by atoms with Crippen LogP contribution in [-0.2, 0) is 14.8 Å². The van der Waals surface area contributed by atoms with Crippen LogP contribution in [0.5, 0.6) is 0 Å². The third-order valence-electron chi connectivity index (χ3n) is 6.66. The summed E-state index contributed by atoms with van der Waals surface area (Å²) >= 11 is 6.32. The van der Waals surface area contributed by atoms with E-state index in [0.717, 1.165) is 43.2 Å². The first-order chi connectivity index (χ1) is 16.9. The van der Waals surface area contributed by atoms with Crippen molar-refractivity contribution in [1.29, 1.82) is 0 Å². The first kappa shape index (κ1) is 23.7. The molecule has 178 valence electrons. The van der Waals surface area contributed by atoms with Gasteiger partial charge in [-0.2, -0.15) is 0 Å². The largest absolute Gasteiger partial charge is 0.339 e. The summed E-state index contributed by atoms with van der Waals surface area (Å²) in [6.45, 7) is 3.70. The van der Waals surface area contributed by atoms with Gasteiger partial charge in [-0.1, -0.05) is 53.6 Å². The van der Waals surface area contributed by atoms with Crippen LogP contribution in [0.15, 0.2) is 65.8 Å². The van der Waals surface area contributed by atoms with Crippen molar-refractivity contribution in [1.82, 2.24) is 18.8 Å². The predicted octanol–water partition coefficient (Wildman–Crippen LogP) is 4.02. The Morgan fingerprint density at radius 2 is 1.71 bits per heavy atom. The van der Waals surface area contributed by atoms with E-state index in [2.05, 4.69) is 26.9 Å². The molecule has 2 aromatic heterocycles. The average molecular weight is 507 g/mol. The monoisotopic (exact) mass is 506 g/mol. The Morgan fingerprint density at radius 3 is 2.37 bits per heavy atom. The van der Waals surface area contributed by atoms with Crippen molar-refractivity contribution in [3.05, 3.63) is 77.2 Å².